The Balaban J connectivity index is 2.65. The van der Waals surface area contributed by atoms with Crippen molar-refractivity contribution in [1.29, 1.82) is 0 Å². The summed E-state index contributed by atoms with van der Waals surface area (Å²) in [7, 11) is -3.74. The van der Waals surface area contributed by atoms with Gasteiger partial charge in [-0.3, -0.25) is 4.72 Å². The Labute approximate surface area is 118 Å². The fourth-order valence-corrected chi connectivity index (χ4v) is 2.86. The van der Waals surface area contributed by atoms with Gasteiger partial charge in [-0.1, -0.05) is 13.0 Å². The minimum absolute atomic E-state index is 0.161. The molecule has 114 valence electrons. The normalized spacial score (nSPS) is 11.6. The van der Waals surface area contributed by atoms with Gasteiger partial charge in [-0.05, 0) is 44.5 Å². The van der Waals surface area contributed by atoms with Gasteiger partial charge in [0.1, 0.15) is 11.5 Å². The summed E-state index contributed by atoms with van der Waals surface area (Å²) in [6, 6.07) is 2.31. The third-order valence-electron chi connectivity index (χ3n) is 2.81. The van der Waals surface area contributed by atoms with Gasteiger partial charge < -0.3 is 5.32 Å². The van der Waals surface area contributed by atoms with Gasteiger partial charge in [0, 0.05) is 0 Å². The van der Waals surface area contributed by atoms with Crippen LogP contribution in [0.1, 0.15) is 25.3 Å². The fraction of sp³-hybridized carbons (Fsp3) is 0.538. The molecule has 7 heteroatoms. The van der Waals surface area contributed by atoms with Crippen molar-refractivity contribution in [2.75, 3.05) is 23.6 Å². The van der Waals surface area contributed by atoms with Crippen LogP contribution >= 0.6 is 0 Å². The van der Waals surface area contributed by atoms with Crippen LogP contribution in [-0.2, 0) is 10.0 Å². The zero-order valence-corrected chi connectivity index (χ0v) is 12.5. The highest BCUT2D eigenvalue weighted by Gasteiger charge is 2.17. The topological polar surface area (TPSA) is 58.2 Å². The number of aryl methyl sites for hydroxylation is 1. The summed E-state index contributed by atoms with van der Waals surface area (Å²) in [6.07, 6.45) is 1.12. The maximum Gasteiger partial charge on any atom is 0.232 e. The molecule has 1 aromatic rings. The molecule has 0 unspecified atom stereocenters. The predicted molar refractivity (Wildman–Crippen MR) is 76.3 cm³/mol. The summed E-state index contributed by atoms with van der Waals surface area (Å²) >= 11 is 0. The molecule has 0 radical (unpaired) electrons. The van der Waals surface area contributed by atoms with Crippen LogP contribution in [0.15, 0.2) is 12.1 Å². The largest absolute Gasteiger partial charge is 0.317 e. The van der Waals surface area contributed by atoms with Gasteiger partial charge in [0.05, 0.1) is 5.75 Å². The quantitative estimate of drug-likeness (QED) is 0.725. The Morgan fingerprint density at radius 2 is 1.90 bits per heavy atom. The van der Waals surface area contributed by atoms with E-state index in [1.165, 1.54) is 13.0 Å². The summed E-state index contributed by atoms with van der Waals surface area (Å²) in [5.41, 5.74) is -0.409. The lowest BCUT2D eigenvalue weighted by Crippen LogP contribution is -2.20. The molecule has 0 saturated carbocycles. The third-order valence-corrected chi connectivity index (χ3v) is 4.15. The molecular formula is C13H20F2N2O2S. The summed E-state index contributed by atoms with van der Waals surface area (Å²) in [6.45, 7) is 4.95. The molecule has 0 amide bonds. The highest BCUT2D eigenvalue weighted by atomic mass is 32.2. The van der Waals surface area contributed by atoms with E-state index >= 15 is 0 Å². The number of hydrogen-bond donors (Lipinski definition) is 2. The van der Waals surface area contributed by atoms with Crippen molar-refractivity contribution in [2.45, 2.75) is 26.7 Å². The molecule has 0 atom stereocenters. The first-order valence-electron chi connectivity index (χ1n) is 6.53. The van der Waals surface area contributed by atoms with E-state index in [1.807, 2.05) is 11.6 Å². The Morgan fingerprint density at radius 1 is 1.20 bits per heavy atom. The molecule has 1 aromatic carbocycles. The zero-order chi connectivity index (χ0) is 15.2. The maximum absolute atomic E-state index is 13.7. The molecule has 0 fully saturated rings. The number of halogens is 2. The van der Waals surface area contributed by atoms with Crippen molar-refractivity contribution in [3.63, 3.8) is 0 Å². The van der Waals surface area contributed by atoms with Gasteiger partial charge in [-0.25, -0.2) is 17.2 Å². The average molecular weight is 306 g/mol. The lowest BCUT2D eigenvalue weighted by molar-refractivity contribution is 0.576. The van der Waals surface area contributed by atoms with Crippen molar-refractivity contribution in [3.05, 3.63) is 29.3 Å². The summed E-state index contributed by atoms with van der Waals surface area (Å²) in [4.78, 5) is 0. The third kappa shape index (κ3) is 5.05. The molecule has 2 N–H and O–H groups in total. The van der Waals surface area contributed by atoms with E-state index in [-0.39, 0.29) is 11.3 Å². The molecule has 0 bridgehead atoms. The highest BCUT2D eigenvalue weighted by molar-refractivity contribution is 7.92. The van der Waals surface area contributed by atoms with Gasteiger partial charge in [0.15, 0.2) is 5.82 Å². The van der Waals surface area contributed by atoms with E-state index in [9.17, 15) is 17.2 Å². The number of rotatable bonds is 8. The average Bonchev–Trinajstić information content (AvgIpc) is 2.39. The smallest absolute Gasteiger partial charge is 0.232 e. The minimum atomic E-state index is -3.74. The lowest BCUT2D eigenvalue weighted by atomic mass is 10.2. The Bertz CT molecular complexity index is 548. The molecule has 20 heavy (non-hydrogen) atoms. The summed E-state index contributed by atoms with van der Waals surface area (Å²) < 4.78 is 52.7. The zero-order valence-electron chi connectivity index (χ0n) is 11.7. The summed E-state index contributed by atoms with van der Waals surface area (Å²) in [5, 5.41) is 3.07. The van der Waals surface area contributed by atoms with E-state index in [4.69, 9.17) is 0 Å². The van der Waals surface area contributed by atoms with Crippen molar-refractivity contribution < 1.29 is 17.2 Å². The first-order chi connectivity index (χ1) is 9.37. The molecule has 0 aliphatic carbocycles. The van der Waals surface area contributed by atoms with Gasteiger partial charge in [0.25, 0.3) is 0 Å². The van der Waals surface area contributed by atoms with E-state index in [0.29, 0.717) is 12.8 Å². The first kappa shape index (κ1) is 16.8. The summed E-state index contributed by atoms with van der Waals surface area (Å²) in [5.74, 6) is -1.95. The van der Waals surface area contributed by atoms with Crippen LogP contribution in [0.4, 0.5) is 14.5 Å². The van der Waals surface area contributed by atoms with Crippen LogP contribution in [0.2, 0.25) is 0 Å². The monoisotopic (exact) mass is 306 g/mol. The highest BCUT2D eigenvalue weighted by Crippen LogP contribution is 2.22. The second-order valence-electron chi connectivity index (χ2n) is 4.53. The molecule has 1 rings (SSSR count). The second-order valence-corrected chi connectivity index (χ2v) is 6.38. The molecule has 4 nitrogen and oxygen atoms in total. The van der Waals surface area contributed by atoms with Gasteiger partial charge in [0.2, 0.25) is 10.0 Å². The number of hydrogen-bond acceptors (Lipinski definition) is 3. The van der Waals surface area contributed by atoms with E-state index in [2.05, 4.69) is 5.32 Å². The predicted octanol–water partition coefficient (Wildman–Crippen LogP) is 2.40. The molecule has 0 aromatic heterocycles. The van der Waals surface area contributed by atoms with Crippen LogP contribution in [0.3, 0.4) is 0 Å². The SMILES string of the molecule is CCNCCCCS(=O)(=O)Nc1c(F)ccc(C)c1F. The maximum atomic E-state index is 13.7. The van der Waals surface area contributed by atoms with Gasteiger partial charge in [-0.2, -0.15) is 0 Å². The molecule has 0 aliphatic rings. The second kappa shape index (κ2) is 7.54. The Morgan fingerprint density at radius 3 is 2.55 bits per heavy atom. The van der Waals surface area contributed by atoms with Gasteiger partial charge in [-0.15, -0.1) is 0 Å². The molecule has 0 aliphatic heterocycles. The van der Waals surface area contributed by atoms with Crippen LogP contribution in [-0.4, -0.2) is 27.3 Å². The van der Waals surface area contributed by atoms with Crippen molar-refractivity contribution >= 4 is 15.7 Å². The lowest BCUT2D eigenvalue weighted by Gasteiger charge is -2.11. The molecule has 0 saturated heterocycles. The number of nitrogens with one attached hydrogen (secondary N) is 2. The van der Waals surface area contributed by atoms with E-state index < -0.39 is 27.3 Å². The van der Waals surface area contributed by atoms with E-state index in [1.54, 1.807) is 0 Å². The number of benzene rings is 1. The molecule has 0 heterocycles. The Kier molecular flexibility index (Phi) is 6.35. The van der Waals surface area contributed by atoms with Crippen molar-refractivity contribution in [2.24, 2.45) is 0 Å². The van der Waals surface area contributed by atoms with Crippen LogP contribution < -0.4 is 10.0 Å². The van der Waals surface area contributed by atoms with Crippen LogP contribution in [0.25, 0.3) is 0 Å². The standard InChI is InChI=1S/C13H20F2N2O2S/c1-3-16-8-4-5-9-20(18,19)17-13-11(14)7-6-10(2)12(13)15/h6-7,16-17H,3-5,8-9H2,1-2H3. The van der Waals surface area contributed by atoms with Crippen molar-refractivity contribution in [3.8, 4) is 0 Å². The molecular weight excluding hydrogens is 286 g/mol. The van der Waals surface area contributed by atoms with Crippen LogP contribution in [0, 0.1) is 18.6 Å². The fourth-order valence-electron chi connectivity index (χ4n) is 1.68. The first-order valence-corrected chi connectivity index (χ1v) is 8.18. The van der Waals surface area contributed by atoms with Crippen LogP contribution in [0.5, 0.6) is 0 Å². The molecule has 0 spiro atoms. The van der Waals surface area contributed by atoms with E-state index in [0.717, 1.165) is 19.2 Å². The van der Waals surface area contributed by atoms with Crippen molar-refractivity contribution in [1.82, 2.24) is 5.32 Å². The van der Waals surface area contributed by atoms with Gasteiger partial charge >= 0.3 is 0 Å². The number of unbranched alkanes of at least 4 members (excludes halogenated alkanes) is 1. The Hall–Kier alpha value is -1.21. The number of anilines is 1. The minimum Gasteiger partial charge on any atom is -0.317 e. The number of sulfonamides is 1.